The number of likely N-dealkylation sites (tertiary alicyclic amines) is 1. The minimum absolute atomic E-state index is 0.00122. The van der Waals surface area contributed by atoms with E-state index in [1.165, 1.54) is 4.90 Å². The Labute approximate surface area is 218 Å². The number of aromatic nitrogens is 2. The third-order valence-electron chi connectivity index (χ3n) is 7.70. The summed E-state index contributed by atoms with van der Waals surface area (Å²) in [7, 11) is 3.49. The molecule has 1 spiro atoms. The maximum Gasteiger partial charge on any atom is 0.302 e. The summed E-state index contributed by atoms with van der Waals surface area (Å²) in [6, 6.07) is 6.72. The van der Waals surface area contributed by atoms with Gasteiger partial charge in [0.1, 0.15) is 11.5 Å². The summed E-state index contributed by atoms with van der Waals surface area (Å²) in [5.41, 5.74) is 1.41. The Morgan fingerprint density at radius 1 is 1.27 bits per heavy atom. The highest BCUT2D eigenvalue weighted by atomic mass is 16.2. The van der Waals surface area contributed by atoms with E-state index in [1.54, 1.807) is 22.8 Å². The molecule has 2 aliphatic rings. The predicted octanol–water partition coefficient (Wildman–Crippen LogP) is 3.40. The third kappa shape index (κ3) is 4.61. The van der Waals surface area contributed by atoms with Crippen molar-refractivity contribution in [1.29, 1.82) is 0 Å². The van der Waals surface area contributed by atoms with Crippen molar-refractivity contribution in [2.45, 2.75) is 64.1 Å². The van der Waals surface area contributed by atoms with E-state index in [-0.39, 0.29) is 42.5 Å². The fraction of sp³-hybridized carbons (Fsp3) is 0.536. The lowest BCUT2D eigenvalue weighted by Gasteiger charge is -2.35. The monoisotopic (exact) mass is 504 g/mol. The summed E-state index contributed by atoms with van der Waals surface area (Å²) in [6.07, 6.45) is 3.45. The Morgan fingerprint density at radius 2 is 1.97 bits per heavy atom. The van der Waals surface area contributed by atoms with Gasteiger partial charge in [-0.3, -0.25) is 28.8 Å². The maximum absolute atomic E-state index is 14.1. The lowest BCUT2D eigenvalue weighted by atomic mass is 9.80. The molecular weight excluding hydrogens is 468 g/mol. The first kappa shape index (κ1) is 26.4. The average molecular weight is 505 g/mol. The second-order valence-corrected chi connectivity index (χ2v) is 11.1. The third-order valence-corrected chi connectivity index (χ3v) is 7.70. The topological polar surface area (TPSA) is 91.9 Å². The second-order valence-electron chi connectivity index (χ2n) is 11.1. The number of nitrogens with zero attached hydrogens (tertiary/aromatic N) is 5. The van der Waals surface area contributed by atoms with Gasteiger partial charge in [0.25, 0.3) is 5.91 Å². The molecule has 4 rings (SSSR count). The minimum Gasteiger partial charge on any atom is -0.333 e. The van der Waals surface area contributed by atoms with Crippen LogP contribution in [-0.2, 0) is 26.8 Å². The lowest BCUT2D eigenvalue weighted by Crippen LogP contribution is -2.52. The molecule has 9 heteroatoms. The number of nitrogens with one attached hydrogen (secondary N) is 1. The van der Waals surface area contributed by atoms with Gasteiger partial charge in [0, 0.05) is 38.1 Å². The van der Waals surface area contributed by atoms with Gasteiger partial charge >= 0.3 is 6.17 Å². The van der Waals surface area contributed by atoms with Crippen LogP contribution in [-0.4, -0.2) is 63.1 Å². The highest BCUT2D eigenvalue weighted by molar-refractivity contribution is 6.07. The van der Waals surface area contributed by atoms with Crippen LogP contribution in [0.1, 0.15) is 57.6 Å². The Morgan fingerprint density at radius 3 is 2.57 bits per heavy atom. The van der Waals surface area contributed by atoms with Crippen LogP contribution < -0.4 is 5.32 Å². The first-order valence-electron chi connectivity index (χ1n) is 12.8. The molecule has 37 heavy (non-hydrogen) atoms. The van der Waals surface area contributed by atoms with Gasteiger partial charge in [-0.2, -0.15) is 5.10 Å². The number of carbonyl (C=O) groups excluding carboxylic acids is 3. The van der Waals surface area contributed by atoms with Crippen LogP contribution >= 0.6 is 0 Å². The maximum atomic E-state index is 14.1. The molecule has 196 valence electrons. The molecular formula is C28H36N6O3. The first-order valence-corrected chi connectivity index (χ1v) is 12.8. The van der Waals surface area contributed by atoms with Crippen LogP contribution in [0.25, 0.3) is 4.85 Å². The highest BCUT2D eigenvalue weighted by Crippen LogP contribution is 2.47. The number of fused-ring (bicyclic) bond motifs is 2. The van der Waals surface area contributed by atoms with Crippen molar-refractivity contribution in [2.75, 3.05) is 18.9 Å². The van der Waals surface area contributed by atoms with Crippen LogP contribution in [0.3, 0.4) is 0 Å². The normalized spacial score (nSPS) is 22.2. The summed E-state index contributed by atoms with van der Waals surface area (Å²) in [6.45, 7) is 16.0. The van der Waals surface area contributed by atoms with Gasteiger partial charge < -0.3 is 10.2 Å². The zero-order valence-electron chi connectivity index (χ0n) is 22.4. The molecule has 0 unspecified atom stereocenters. The van der Waals surface area contributed by atoms with Crippen LogP contribution in [0.5, 0.6) is 0 Å². The molecule has 9 nitrogen and oxygen atoms in total. The SMILES string of the molecule is [C-]#[N+][C@@H]1C[C@@]2(CN1C(=O)[C@H](CC(C)C)N(C)C(=O)[C@@H](c1cnn(C)c1)C(C)C)C(=O)Nc1ccccc12. The molecule has 2 aromatic rings. The number of rotatable bonds is 7. The number of likely N-dealkylation sites (N-methyl/N-ethyl adjacent to an activating group) is 1. The number of aryl methyl sites for hydroxylation is 1. The molecule has 0 radical (unpaired) electrons. The van der Waals surface area contributed by atoms with Crippen LogP contribution in [0.4, 0.5) is 5.69 Å². The molecule has 0 bridgehead atoms. The highest BCUT2D eigenvalue weighted by Gasteiger charge is 2.59. The van der Waals surface area contributed by atoms with Crippen molar-refractivity contribution in [1.82, 2.24) is 19.6 Å². The summed E-state index contributed by atoms with van der Waals surface area (Å²) in [4.78, 5) is 48.0. The van der Waals surface area contributed by atoms with Gasteiger partial charge in [-0.05, 0) is 29.9 Å². The van der Waals surface area contributed by atoms with Crippen molar-refractivity contribution in [3.63, 3.8) is 0 Å². The van der Waals surface area contributed by atoms with Crippen molar-refractivity contribution in [3.05, 3.63) is 59.2 Å². The summed E-state index contributed by atoms with van der Waals surface area (Å²) in [5.74, 6) is -0.932. The summed E-state index contributed by atoms with van der Waals surface area (Å²) >= 11 is 0. The molecule has 0 saturated carbocycles. The number of anilines is 1. The fourth-order valence-corrected chi connectivity index (χ4v) is 5.80. The van der Waals surface area contributed by atoms with Crippen molar-refractivity contribution < 1.29 is 14.4 Å². The number of hydrogen-bond donors (Lipinski definition) is 1. The second kappa shape index (κ2) is 10.0. The Hall–Kier alpha value is -3.67. The Kier molecular flexibility index (Phi) is 7.13. The number of hydrogen-bond acceptors (Lipinski definition) is 4. The largest absolute Gasteiger partial charge is 0.333 e. The number of para-hydroxylation sites is 1. The molecule has 1 aromatic carbocycles. The number of carbonyl (C=O) groups is 3. The van der Waals surface area contributed by atoms with E-state index in [1.807, 2.05) is 65.2 Å². The van der Waals surface area contributed by atoms with Gasteiger partial charge in [-0.15, -0.1) is 0 Å². The zero-order valence-corrected chi connectivity index (χ0v) is 22.4. The van der Waals surface area contributed by atoms with Crippen molar-refractivity contribution >= 4 is 23.4 Å². The molecule has 1 fully saturated rings. The van der Waals surface area contributed by atoms with Gasteiger partial charge in [-0.25, -0.2) is 6.57 Å². The summed E-state index contributed by atoms with van der Waals surface area (Å²) < 4.78 is 1.67. The predicted molar refractivity (Wildman–Crippen MR) is 140 cm³/mol. The van der Waals surface area contributed by atoms with E-state index >= 15 is 0 Å². The smallest absolute Gasteiger partial charge is 0.302 e. The summed E-state index contributed by atoms with van der Waals surface area (Å²) in [5, 5.41) is 7.17. The standard InChI is InChI=1S/C28H36N6O3/c1-17(2)12-22(33(7)26(36)24(18(3)4)19-14-30-32(6)15-19)25(35)34-16-28(13-23(34)29-5)20-10-8-9-11-21(20)31-27(28)37/h8-11,14-15,17-18,22-24H,12-13,16H2,1-4,6-7H3,(H,31,37)/t22-,23-,24+,28-/m0/s1. The van der Waals surface area contributed by atoms with Gasteiger partial charge in [0.15, 0.2) is 0 Å². The van der Waals surface area contributed by atoms with E-state index in [0.29, 0.717) is 6.42 Å². The Balaban J connectivity index is 1.66. The Bertz CT molecular complexity index is 1240. The van der Waals surface area contributed by atoms with Gasteiger partial charge in [0.05, 0.1) is 18.5 Å². The van der Waals surface area contributed by atoms with Crippen LogP contribution in [0, 0.1) is 18.4 Å². The zero-order chi connectivity index (χ0) is 27.1. The number of amides is 3. The molecule has 3 amide bonds. The molecule has 2 aliphatic heterocycles. The molecule has 1 saturated heterocycles. The molecule has 4 atom stereocenters. The van der Waals surface area contributed by atoms with E-state index in [0.717, 1.165) is 16.8 Å². The lowest BCUT2D eigenvalue weighted by molar-refractivity contribution is -0.146. The van der Waals surface area contributed by atoms with Gasteiger partial charge in [-0.1, -0.05) is 45.9 Å². The van der Waals surface area contributed by atoms with Crippen molar-refractivity contribution in [2.24, 2.45) is 18.9 Å². The minimum atomic E-state index is -0.956. The van der Waals surface area contributed by atoms with E-state index in [9.17, 15) is 14.4 Å². The van der Waals surface area contributed by atoms with Crippen LogP contribution in [0.15, 0.2) is 36.7 Å². The molecule has 1 aromatic heterocycles. The van der Waals surface area contributed by atoms with Crippen molar-refractivity contribution in [3.8, 4) is 0 Å². The molecule has 1 N–H and O–H groups in total. The van der Waals surface area contributed by atoms with E-state index in [4.69, 9.17) is 6.57 Å². The average Bonchev–Trinajstić information content (AvgIpc) is 3.53. The van der Waals surface area contributed by atoms with Crippen LogP contribution in [0.2, 0.25) is 0 Å². The van der Waals surface area contributed by atoms with E-state index in [2.05, 4.69) is 15.3 Å². The van der Waals surface area contributed by atoms with E-state index < -0.39 is 23.5 Å². The number of benzene rings is 1. The fourth-order valence-electron chi connectivity index (χ4n) is 5.80. The first-order chi connectivity index (χ1) is 17.5. The van der Waals surface area contributed by atoms with Gasteiger partial charge in [0.2, 0.25) is 11.8 Å². The molecule has 3 heterocycles. The molecule has 0 aliphatic carbocycles. The quantitative estimate of drug-likeness (QED) is 0.585.